The molecule has 1 saturated heterocycles. The Morgan fingerprint density at radius 2 is 1.96 bits per heavy atom. The minimum atomic E-state index is -0.415. The molecule has 1 unspecified atom stereocenters. The largest absolute Gasteiger partial charge is 0.290 e. The highest BCUT2D eigenvalue weighted by Gasteiger charge is 2.38. The van der Waals surface area contributed by atoms with Gasteiger partial charge in [0.15, 0.2) is 5.17 Å². The highest BCUT2D eigenvalue weighted by atomic mass is 32.2. The molecule has 1 heterocycles. The maximum Gasteiger partial charge on any atom is 0.269 e. The number of rotatable bonds is 6. The lowest BCUT2D eigenvalue weighted by atomic mass is 10.1. The lowest BCUT2D eigenvalue weighted by molar-refractivity contribution is -0.384. The number of nitrogens with zero attached hydrogens (tertiary/aromatic N) is 3. The summed E-state index contributed by atoms with van der Waals surface area (Å²) in [7, 11) is 0. The van der Waals surface area contributed by atoms with Gasteiger partial charge in [-0.3, -0.25) is 19.8 Å². The molecule has 1 aliphatic rings. The van der Waals surface area contributed by atoms with Crippen LogP contribution in [-0.4, -0.2) is 32.7 Å². The fourth-order valence-electron chi connectivity index (χ4n) is 2.69. The highest BCUT2D eigenvalue weighted by molar-refractivity contribution is 8.15. The number of hydrogen-bond acceptors (Lipinski definition) is 5. The predicted octanol–water partition coefficient (Wildman–Crippen LogP) is 4.54. The van der Waals surface area contributed by atoms with E-state index in [1.165, 1.54) is 23.9 Å². The number of thioether (sulfide) groups is 1. The summed E-state index contributed by atoms with van der Waals surface area (Å²) in [6.45, 7) is 10.8. The third-order valence-corrected chi connectivity index (χ3v) is 5.06. The van der Waals surface area contributed by atoms with Gasteiger partial charge < -0.3 is 0 Å². The SMILES string of the molecule is Cc1cc([N+](=O)[O-])ccc1/N=C1\SC(CC(C)C)C(=O)N1CC(C)C. The molecular formula is C18H25N3O3S. The lowest BCUT2D eigenvalue weighted by Crippen LogP contribution is -2.35. The first kappa shape index (κ1) is 19.4. The van der Waals surface area contributed by atoms with Crippen LogP contribution in [0.2, 0.25) is 0 Å². The molecule has 0 aliphatic carbocycles. The quantitative estimate of drug-likeness (QED) is 0.549. The van der Waals surface area contributed by atoms with Crippen molar-refractivity contribution in [2.24, 2.45) is 16.8 Å². The van der Waals surface area contributed by atoms with Crippen molar-refractivity contribution in [1.29, 1.82) is 0 Å². The van der Waals surface area contributed by atoms with Gasteiger partial charge in [-0.2, -0.15) is 0 Å². The van der Waals surface area contributed by atoms with E-state index in [4.69, 9.17) is 0 Å². The number of aliphatic imine (C=N–C) groups is 1. The molecule has 0 radical (unpaired) electrons. The van der Waals surface area contributed by atoms with Crippen LogP contribution in [0, 0.1) is 28.9 Å². The van der Waals surface area contributed by atoms with E-state index in [1.54, 1.807) is 17.9 Å². The normalized spacial score (nSPS) is 19.5. The molecule has 1 aromatic rings. The first-order valence-corrected chi connectivity index (χ1v) is 9.38. The number of non-ortho nitro benzene ring substituents is 1. The number of benzene rings is 1. The molecule has 0 N–H and O–H groups in total. The molecule has 7 heteroatoms. The first-order chi connectivity index (χ1) is 11.7. The van der Waals surface area contributed by atoms with Gasteiger partial charge in [-0.25, -0.2) is 4.99 Å². The number of amidine groups is 1. The van der Waals surface area contributed by atoms with Gasteiger partial charge in [-0.05, 0) is 36.8 Å². The molecule has 1 fully saturated rings. The molecule has 1 atom stereocenters. The molecule has 1 aromatic carbocycles. The summed E-state index contributed by atoms with van der Waals surface area (Å²) in [5.41, 5.74) is 1.44. The smallest absolute Gasteiger partial charge is 0.269 e. The lowest BCUT2D eigenvalue weighted by Gasteiger charge is -2.19. The van der Waals surface area contributed by atoms with Gasteiger partial charge in [0.05, 0.1) is 15.9 Å². The van der Waals surface area contributed by atoms with E-state index in [1.807, 2.05) is 0 Å². The summed E-state index contributed by atoms with van der Waals surface area (Å²) >= 11 is 1.50. The summed E-state index contributed by atoms with van der Waals surface area (Å²) in [6.07, 6.45) is 0.816. The molecule has 136 valence electrons. The van der Waals surface area contributed by atoms with Gasteiger partial charge in [-0.1, -0.05) is 39.5 Å². The van der Waals surface area contributed by atoms with E-state index in [0.29, 0.717) is 29.2 Å². The van der Waals surface area contributed by atoms with E-state index in [-0.39, 0.29) is 16.8 Å². The van der Waals surface area contributed by atoms with Crippen LogP contribution in [-0.2, 0) is 4.79 Å². The molecule has 1 aliphatic heterocycles. The number of aryl methyl sites for hydroxylation is 1. The summed E-state index contributed by atoms with van der Waals surface area (Å²) < 4.78 is 0. The van der Waals surface area contributed by atoms with Crippen LogP contribution in [0.15, 0.2) is 23.2 Å². The summed E-state index contributed by atoms with van der Waals surface area (Å²) in [4.78, 5) is 29.6. The fraction of sp³-hybridized carbons (Fsp3) is 0.556. The Morgan fingerprint density at radius 3 is 2.48 bits per heavy atom. The van der Waals surface area contributed by atoms with Crippen molar-refractivity contribution in [3.05, 3.63) is 33.9 Å². The van der Waals surface area contributed by atoms with Crippen LogP contribution in [0.5, 0.6) is 0 Å². The first-order valence-electron chi connectivity index (χ1n) is 8.50. The van der Waals surface area contributed by atoms with E-state index in [9.17, 15) is 14.9 Å². The van der Waals surface area contributed by atoms with E-state index in [2.05, 4.69) is 32.7 Å². The standard InChI is InChI=1S/C18H25N3O3S/c1-11(2)8-16-17(22)20(10-12(3)4)18(25-16)19-15-7-6-14(21(23)24)9-13(15)5/h6-7,9,11-12,16H,8,10H2,1-5H3/b19-18-. The molecular weight excluding hydrogens is 338 g/mol. The molecule has 6 nitrogen and oxygen atoms in total. The van der Waals surface area contributed by atoms with E-state index in [0.717, 1.165) is 12.0 Å². The van der Waals surface area contributed by atoms with Gasteiger partial charge in [0, 0.05) is 18.7 Å². The van der Waals surface area contributed by atoms with Crippen molar-refractivity contribution < 1.29 is 9.72 Å². The summed E-state index contributed by atoms with van der Waals surface area (Å²) in [5.74, 6) is 0.888. The Labute approximate surface area is 152 Å². The Morgan fingerprint density at radius 1 is 1.28 bits per heavy atom. The van der Waals surface area contributed by atoms with Crippen molar-refractivity contribution in [2.45, 2.75) is 46.3 Å². The summed E-state index contributed by atoms with van der Waals surface area (Å²) in [6, 6.07) is 4.61. The van der Waals surface area contributed by atoms with Crippen LogP contribution in [0.3, 0.4) is 0 Å². The zero-order valence-electron chi connectivity index (χ0n) is 15.4. The van der Waals surface area contributed by atoms with Crippen molar-refractivity contribution in [3.8, 4) is 0 Å². The molecule has 2 rings (SSSR count). The number of hydrogen-bond donors (Lipinski definition) is 0. The Kier molecular flexibility index (Phi) is 6.21. The number of nitro groups is 1. The van der Waals surface area contributed by atoms with Gasteiger partial charge in [-0.15, -0.1) is 0 Å². The second kappa shape index (κ2) is 7.99. The van der Waals surface area contributed by atoms with Gasteiger partial charge >= 0.3 is 0 Å². The Hall–Kier alpha value is -1.89. The minimum absolute atomic E-state index is 0.0494. The minimum Gasteiger partial charge on any atom is -0.290 e. The zero-order chi connectivity index (χ0) is 18.7. The second-order valence-electron chi connectivity index (χ2n) is 7.20. The molecule has 0 aromatic heterocycles. The second-order valence-corrected chi connectivity index (χ2v) is 8.37. The number of amides is 1. The zero-order valence-corrected chi connectivity index (χ0v) is 16.2. The fourth-order valence-corrected chi connectivity index (χ4v) is 4.09. The van der Waals surface area contributed by atoms with Crippen LogP contribution >= 0.6 is 11.8 Å². The Bertz CT molecular complexity index is 701. The van der Waals surface area contributed by atoms with Crippen LogP contribution < -0.4 is 0 Å². The third-order valence-electron chi connectivity index (χ3n) is 3.86. The van der Waals surface area contributed by atoms with Crippen molar-refractivity contribution >= 4 is 34.2 Å². The van der Waals surface area contributed by atoms with Gasteiger partial charge in [0.25, 0.3) is 5.69 Å². The van der Waals surface area contributed by atoms with Crippen molar-refractivity contribution in [1.82, 2.24) is 4.90 Å². The van der Waals surface area contributed by atoms with E-state index >= 15 is 0 Å². The number of nitro benzene ring substituents is 1. The average molecular weight is 363 g/mol. The average Bonchev–Trinajstić information content (AvgIpc) is 2.76. The maximum atomic E-state index is 12.7. The number of carbonyl (C=O) groups is 1. The van der Waals surface area contributed by atoms with E-state index < -0.39 is 4.92 Å². The molecule has 0 bridgehead atoms. The molecule has 25 heavy (non-hydrogen) atoms. The van der Waals surface area contributed by atoms with Crippen LogP contribution in [0.25, 0.3) is 0 Å². The monoisotopic (exact) mass is 363 g/mol. The van der Waals surface area contributed by atoms with Crippen molar-refractivity contribution in [2.75, 3.05) is 6.54 Å². The topological polar surface area (TPSA) is 75.8 Å². The maximum absolute atomic E-state index is 12.7. The predicted molar refractivity (Wildman–Crippen MR) is 102 cm³/mol. The molecule has 0 spiro atoms. The van der Waals surface area contributed by atoms with Gasteiger partial charge in [0.2, 0.25) is 5.91 Å². The van der Waals surface area contributed by atoms with Gasteiger partial charge in [0.1, 0.15) is 0 Å². The number of carbonyl (C=O) groups excluding carboxylic acids is 1. The summed E-state index contributed by atoms with van der Waals surface area (Å²) in [5, 5.41) is 11.5. The third kappa shape index (κ3) is 4.81. The molecule has 0 saturated carbocycles. The van der Waals surface area contributed by atoms with Crippen LogP contribution in [0.1, 0.15) is 39.7 Å². The van der Waals surface area contributed by atoms with Crippen molar-refractivity contribution in [3.63, 3.8) is 0 Å². The highest BCUT2D eigenvalue weighted by Crippen LogP contribution is 2.35. The molecule has 1 amide bonds. The Balaban J connectivity index is 2.34. The van der Waals surface area contributed by atoms with Crippen LogP contribution in [0.4, 0.5) is 11.4 Å².